The van der Waals surface area contributed by atoms with E-state index in [0.717, 1.165) is 16.3 Å². The first-order valence-electron chi connectivity index (χ1n) is 10.7. The first-order chi connectivity index (χ1) is 16.6. The van der Waals surface area contributed by atoms with Gasteiger partial charge in [-0.2, -0.15) is 0 Å². The van der Waals surface area contributed by atoms with E-state index in [4.69, 9.17) is 24.3 Å². The summed E-state index contributed by atoms with van der Waals surface area (Å²) < 4.78 is 37.3. The van der Waals surface area contributed by atoms with E-state index in [9.17, 15) is 14.5 Å². The second-order valence-corrected chi connectivity index (χ2v) is 13.9. The SMILES string of the molecule is CC(C)(C)C(=O)OCSP1(=O)OC[C@H]2O[C@@H](n3c(-c4cccs4)nc4c(N)ncnc43)C(O)C2O1. The van der Waals surface area contributed by atoms with Gasteiger partial charge in [-0.3, -0.25) is 18.4 Å². The van der Waals surface area contributed by atoms with E-state index in [1.165, 1.54) is 17.7 Å². The van der Waals surface area contributed by atoms with Gasteiger partial charge < -0.3 is 20.3 Å². The largest absolute Gasteiger partial charge is 0.454 e. The molecule has 5 atom stereocenters. The van der Waals surface area contributed by atoms with Crippen LogP contribution >= 0.6 is 29.5 Å². The number of aliphatic hydroxyl groups is 1. The second-order valence-electron chi connectivity index (χ2n) is 9.01. The van der Waals surface area contributed by atoms with Gasteiger partial charge in [0.1, 0.15) is 30.6 Å². The minimum absolute atomic E-state index is 0.0756. The van der Waals surface area contributed by atoms with Crippen LogP contribution in [0.3, 0.4) is 0 Å². The Bertz CT molecular complexity index is 1300. The minimum Gasteiger partial charge on any atom is -0.454 e. The lowest BCUT2D eigenvalue weighted by molar-refractivity contribution is -0.150. The molecular weight excluding hydrogens is 517 g/mol. The zero-order valence-electron chi connectivity index (χ0n) is 19.1. The first kappa shape index (κ1) is 24.6. The Balaban J connectivity index is 1.39. The van der Waals surface area contributed by atoms with Crippen LogP contribution in [-0.2, 0) is 27.9 Å². The Morgan fingerprint density at radius 1 is 1.43 bits per heavy atom. The molecule has 188 valence electrons. The third-order valence-electron chi connectivity index (χ3n) is 5.47. The molecular formula is C20H24N5O7PS2. The Hall–Kier alpha value is -2.06. The van der Waals surface area contributed by atoms with E-state index in [-0.39, 0.29) is 18.4 Å². The zero-order chi connectivity index (χ0) is 25.0. The highest BCUT2D eigenvalue weighted by molar-refractivity contribution is 8.55. The summed E-state index contributed by atoms with van der Waals surface area (Å²) in [6, 6.07) is 3.76. The topological polar surface area (TPSA) is 161 Å². The number of imidazole rings is 1. The van der Waals surface area contributed by atoms with E-state index in [0.29, 0.717) is 17.0 Å². The molecule has 2 aliphatic rings. The average Bonchev–Trinajstić information content (AvgIpc) is 3.51. The normalized spacial score (nSPS) is 28.8. The monoisotopic (exact) mass is 541 g/mol. The molecule has 5 rings (SSSR count). The van der Waals surface area contributed by atoms with Crippen molar-refractivity contribution in [1.82, 2.24) is 19.5 Å². The molecule has 12 nitrogen and oxygen atoms in total. The van der Waals surface area contributed by atoms with Crippen molar-refractivity contribution in [2.75, 3.05) is 18.3 Å². The van der Waals surface area contributed by atoms with Crippen molar-refractivity contribution in [3.63, 3.8) is 0 Å². The lowest BCUT2D eigenvalue weighted by Gasteiger charge is -2.31. The van der Waals surface area contributed by atoms with E-state index in [1.807, 2.05) is 17.5 Å². The molecule has 0 amide bonds. The van der Waals surface area contributed by atoms with E-state index < -0.39 is 42.7 Å². The summed E-state index contributed by atoms with van der Waals surface area (Å²) in [5.74, 6) is 0.0418. The average molecular weight is 542 g/mol. The summed E-state index contributed by atoms with van der Waals surface area (Å²) in [6.07, 6.45) is -2.51. The van der Waals surface area contributed by atoms with Gasteiger partial charge in [0.05, 0.1) is 16.9 Å². The Labute approximate surface area is 208 Å². The van der Waals surface area contributed by atoms with Crippen LogP contribution in [0, 0.1) is 5.41 Å². The summed E-state index contributed by atoms with van der Waals surface area (Å²) in [5.41, 5.74) is 6.09. The second kappa shape index (κ2) is 9.11. The molecule has 2 fully saturated rings. The van der Waals surface area contributed by atoms with Crippen molar-refractivity contribution >= 4 is 52.5 Å². The summed E-state index contributed by atoms with van der Waals surface area (Å²) in [5, 5.41) is 13.1. The molecule has 35 heavy (non-hydrogen) atoms. The van der Waals surface area contributed by atoms with Crippen LogP contribution in [0.1, 0.15) is 27.0 Å². The molecule has 2 aliphatic heterocycles. The molecule has 3 aromatic rings. The maximum Gasteiger partial charge on any atom is 0.392 e. The highest BCUT2D eigenvalue weighted by Gasteiger charge is 2.53. The maximum absolute atomic E-state index is 13.2. The van der Waals surface area contributed by atoms with Crippen LogP contribution in [-0.4, -0.2) is 61.5 Å². The van der Waals surface area contributed by atoms with Crippen molar-refractivity contribution in [1.29, 1.82) is 0 Å². The van der Waals surface area contributed by atoms with Crippen LogP contribution < -0.4 is 5.73 Å². The summed E-state index contributed by atoms with van der Waals surface area (Å²) in [7, 11) is 0. The predicted molar refractivity (Wildman–Crippen MR) is 129 cm³/mol. The van der Waals surface area contributed by atoms with E-state index in [1.54, 1.807) is 25.3 Å². The molecule has 0 radical (unpaired) electrons. The number of anilines is 1. The molecule has 15 heteroatoms. The molecule has 5 heterocycles. The predicted octanol–water partition coefficient (Wildman–Crippen LogP) is 3.20. The number of thiophene rings is 1. The number of hydrogen-bond donors (Lipinski definition) is 2. The van der Waals surface area contributed by atoms with Crippen molar-refractivity contribution < 1.29 is 33.0 Å². The fourth-order valence-electron chi connectivity index (χ4n) is 3.72. The number of aliphatic hydroxyl groups excluding tert-OH is 1. The lowest BCUT2D eigenvalue weighted by Crippen LogP contribution is -2.39. The first-order valence-corrected chi connectivity index (χ1v) is 14.7. The zero-order valence-corrected chi connectivity index (χ0v) is 21.6. The molecule has 3 N–H and O–H groups in total. The Kier molecular flexibility index (Phi) is 6.41. The molecule has 0 aromatic carbocycles. The van der Waals surface area contributed by atoms with Crippen LogP contribution in [0.25, 0.3) is 21.9 Å². The molecule has 0 saturated carbocycles. The van der Waals surface area contributed by atoms with Gasteiger partial charge in [0, 0.05) is 11.4 Å². The Morgan fingerprint density at radius 3 is 2.94 bits per heavy atom. The van der Waals surface area contributed by atoms with Gasteiger partial charge in [0.2, 0.25) is 0 Å². The van der Waals surface area contributed by atoms with Gasteiger partial charge >= 0.3 is 12.8 Å². The van der Waals surface area contributed by atoms with E-state index in [2.05, 4.69) is 15.0 Å². The number of nitrogen functional groups attached to an aromatic ring is 1. The standard InChI is InChI=1S/C20H24N5O7PS2/c1-20(2,3)19(27)29-9-35-33(28)30-7-10-14(32-33)13(26)18(31-10)25-16(11-5-4-6-34-11)24-12-15(21)22-8-23-17(12)25/h4-6,8,10,13-14,18,26H,7,9H2,1-3H3,(H2,21,22,23)/t10-,13?,14?,18-,33?/m1/s1. The van der Waals surface area contributed by atoms with Crippen molar-refractivity contribution in [3.8, 4) is 10.7 Å². The third kappa shape index (κ3) is 4.59. The summed E-state index contributed by atoms with van der Waals surface area (Å²) in [4.78, 5) is 25.7. The Morgan fingerprint density at radius 2 is 2.23 bits per heavy atom. The lowest BCUT2D eigenvalue weighted by atomic mass is 9.98. The highest BCUT2D eigenvalue weighted by Crippen LogP contribution is 2.65. The third-order valence-corrected chi connectivity index (χ3v) is 9.68. The molecule has 2 saturated heterocycles. The number of fused-ring (bicyclic) bond motifs is 2. The van der Waals surface area contributed by atoms with Gasteiger partial charge in [0.15, 0.2) is 29.0 Å². The van der Waals surface area contributed by atoms with Crippen molar-refractivity contribution in [2.24, 2.45) is 5.41 Å². The summed E-state index contributed by atoms with van der Waals surface area (Å²) in [6.45, 7) is 1.36. The van der Waals surface area contributed by atoms with Crippen molar-refractivity contribution in [2.45, 2.75) is 45.3 Å². The van der Waals surface area contributed by atoms with E-state index >= 15 is 0 Å². The maximum atomic E-state index is 13.2. The number of esters is 1. The molecule has 3 aromatic heterocycles. The molecule has 0 bridgehead atoms. The van der Waals surface area contributed by atoms with Gasteiger partial charge in [-0.25, -0.2) is 19.5 Å². The number of aromatic nitrogens is 4. The number of hydrogen-bond acceptors (Lipinski definition) is 13. The number of nitrogens with zero attached hydrogens (tertiary/aromatic N) is 4. The smallest absolute Gasteiger partial charge is 0.392 e. The van der Waals surface area contributed by atoms with Gasteiger partial charge in [0.25, 0.3) is 0 Å². The number of ether oxygens (including phenoxy) is 2. The van der Waals surface area contributed by atoms with Crippen molar-refractivity contribution in [3.05, 3.63) is 23.8 Å². The molecule has 3 unspecified atom stereocenters. The number of carbonyl (C=O) groups is 1. The fraction of sp³-hybridized carbons (Fsp3) is 0.500. The van der Waals surface area contributed by atoms with Crippen LogP contribution in [0.5, 0.6) is 0 Å². The molecule has 0 spiro atoms. The number of carbonyl (C=O) groups excluding carboxylic acids is 1. The minimum atomic E-state index is -3.72. The van der Waals surface area contributed by atoms with Gasteiger partial charge in [-0.05, 0) is 32.2 Å². The van der Waals surface area contributed by atoms with Crippen LogP contribution in [0.2, 0.25) is 0 Å². The number of rotatable bonds is 5. The van der Waals surface area contributed by atoms with Gasteiger partial charge in [-0.1, -0.05) is 6.07 Å². The highest BCUT2D eigenvalue weighted by atomic mass is 32.7. The van der Waals surface area contributed by atoms with Crippen LogP contribution in [0.4, 0.5) is 5.82 Å². The number of nitrogens with two attached hydrogens (primary N) is 1. The molecule has 0 aliphatic carbocycles. The van der Waals surface area contributed by atoms with Crippen LogP contribution in [0.15, 0.2) is 23.8 Å². The summed E-state index contributed by atoms with van der Waals surface area (Å²) >= 11 is 2.20. The quantitative estimate of drug-likeness (QED) is 0.276. The van der Waals surface area contributed by atoms with Gasteiger partial charge in [-0.15, -0.1) is 11.3 Å². The fourth-order valence-corrected chi connectivity index (χ4v) is 7.23.